The molecule has 6 nitrogen and oxygen atoms in total. The first kappa shape index (κ1) is 14.9. The summed E-state index contributed by atoms with van der Waals surface area (Å²) in [5, 5.41) is 11.6. The van der Waals surface area contributed by atoms with Gasteiger partial charge in [0.05, 0.1) is 18.4 Å². The van der Waals surface area contributed by atoms with Crippen molar-refractivity contribution >= 4 is 17.6 Å². The number of aromatic carboxylic acids is 1. The number of nitrogens with zero attached hydrogens (tertiary/aromatic N) is 2. The number of amides is 1. The molecule has 0 radical (unpaired) electrons. The van der Waals surface area contributed by atoms with Crippen LogP contribution >= 0.6 is 0 Å². The highest BCUT2D eigenvalue weighted by atomic mass is 16.4. The average Bonchev–Trinajstić information content (AvgIpc) is 2.35. The largest absolute Gasteiger partial charge is 0.477 e. The molecule has 0 spiro atoms. The van der Waals surface area contributed by atoms with E-state index in [4.69, 9.17) is 5.11 Å². The number of carboxylic acid groups (broad SMARTS) is 1. The molecule has 1 rings (SSSR count). The molecule has 0 atom stereocenters. The summed E-state index contributed by atoms with van der Waals surface area (Å²) in [5.41, 5.74) is 0.720. The average molecular weight is 265 g/mol. The summed E-state index contributed by atoms with van der Waals surface area (Å²) in [7, 11) is 0. The van der Waals surface area contributed by atoms with Gasteiger partial charge in [-0.2, -0.15) is 0 Å². The van der Waals surface area contributed by atoms with E-state index in [0.29, 0.717) is 6.54 Å². The second-order valence-corrected chi connectivity index (χ2v) is 4.44. The zero-order valence-electron chi connectivity index (χ0n) is 11.4. The molecule has 19 heavy (non-hydrogen) atoms. The maximum absolute atomic E-state index is 11.7. The minimum atomic E-state index is -1.06. The van der Waals surface area contributed by atoms with Gasteiger partial charge in [-0.25, -0.2) is 9.78 Å². The van der Waals surface area contributed by atoms with Crippen LogP contribution in [-0.4, -0.2) is 41.1 Å². The molecule has 0 aliphatic rings. The summed E-state index contributed by atoms with van der Waals surface area (Å²) in [6, 6.07) is 3.18. The number of carbonyl (C=O) groups is 2. The van der Waals surface area contributed by atoms with Gasteiger partial charge >= 0.3 is 5.97 Å². The molecule has 1 aromatic rings. The molecule has 0 bridgehead atoms. The van der Waals surface area contributed by atoms with Crippen molar-refractivity contribution in [1.29, 1.82) is 0 Å². The van der Waals surface area contributed by atoms with E-state index in [2.05, 4.69) is 10.3 Å². The standard InChI is InChI=1S/C13H19N3O3/c1-4-16(8-12(17)15-9(2)3)10-5-6-11(13(18)19)14-7-10/h5-7,9H,4,8H2,1-3H3,(H,15,17)(H,18,19). The highest BCUT2D eigenvalue weighted by Gasteiger charge is 2.12. The Bertz CT molecular complexity index is 443. The monoisotopic (exact) mass is 265 g/mol. The summed E-state index contributed by atoms with van der Waals surface area (Å²) < 4.78 is 0. The van der Waals surface area contributed by atoms with E-state index in [1.807, 2.05) is 25.7 Å². The number of hydrogen-bond acceptors (Lipinski definition) is 4. The maximum atomic E-state index is 11.7. The summed E-state index contributed by atoms with van der Waals surface area (Å²) in [6.45, 7) is 6.59. The number of pyridine rings is 1. The molecule has 1 aromatic heterocycles. The molecule has 0 aromatic carbocycles. The highest BCUT2D eigenvalue weighted by Crippen LogP contribution is 2.12. The van der Waals surface area contributed by atoms with E-state index in [-0.39, 0.29) is 24.2 Å². The Morgan fingerprint density at radius 1 is 1.42 bits per heavy atom. The first-order chi connectivity index (χ1) is 8.93. The number of rotatable bonds is 6. The lowest BCUT2D eigenvalue weighted by atomic mass is 10.3. The van der Waals surface area contributed by atoms with Crippen LogP contribution < -0.4 is 10.2 Å². The molecule has 0 saturated heterocycles. The molecule has 0 aliphatic heterocycles. The smallest absolute Gasteiger partial charge is 0.354 e. The number of anilines is 1. The summed E-state index contributed by atoms with van der Waals surface area (Å²) in [4.78, 5) is 28.1. The Labute approximate surface area is 112 Å². The molecular formula is C13H19N3O3. The SMILES string of the molecule is CCN(CC(=O)NC(C)C)c1ccc(C(=O)O)nc1. The third-order valence-electron chi connectivity index (χ3n) is 2.50. The molecule has 1 heterocycles. The van der Waals surface area contributed by atoms with Gasteiger partial charge in [-0.1, -0.05) is 0 Å². The van der Waals surface area contributed by atoms with E-state index in [0.717, 1.165) is 5.69 Å². The number of aromatic nitrogens is 1. The van der Waals surface area contributed by atoms with Crippen molar-refractivity contribution in [2.24, 2.45) is 0 Å². The Kier molecular flexibility index (Phi) is 5.29. The van der Waals surface area contributed by atoms with E-state index in [1.165, 1.54) is 12.3 Å². The lowest BCUT2D eigenvalue weighted by Crippen LogP contribution is -2.40. The van der Waals surface area contributed by atoms with Crippen molar-refractivity contribution in [2.45, 2.75) is 26.8 Å². The van der Waals surface area contributed by atoms with Crippen LogP contribution in [0.5, 0.6) is 0 Å². The van der Waals surface area contributed by atoms with Gasteiger partial charge in [-0.15, -0.1) is 0 Å². The summed E-state index contributed by atoms with van der Waals surface area (Å²) >= 11 is 0. The predicted octanol–water partition coefficient (Wildman–Crippen LogP) is 1.13. The van der Waals surface area contributed by atoms with Gasteiger partial charge in [0.2, 0.25) is 5.91 Å². The molecule has 1 amide bonds. The van der Waals surface area contributed by atoms with Gasteiger partial charge in [-0.05, 0) is 32.9 Å². The number of hydrogen-bond donors (Lipinski definition) is 2. The van der Waals surface area contributed by atoms with Gasteiger partial charge in [0.25, 0.3) is 0 Å². The number of carboxylic acids is 1. The van der Waals surface area contributed by atoms with E-state index in [9.17, 15) is 9.59 Å². The highest BCUT2D eigenvalue weighted by molar-refractivity contribution is 5.86. The van der Waals surface area contributed by atoms with E-state index < -0.39 is 5.97 Å². The van der Waals surface area contributed by atoms with Crippen LogP contribution in [0, 0.1) is 0 Å². The van der Waals surface area contributed by atoms with Crippen molar-refractivity contribution in [3.63, 3.8) is 0 Å². The fraction of sp³-hybridized carbons (Fsp3) is 0.462. The molecular weight excluding hydrogens is 246 g/mol. The van der Waals surface area contributed by atoms with Crippen molar-refractivity contribution in [3.8, 4) is 0 Å². The van der Waals surface area contributed by atoms with Gasteiger partial charge in [0.1, 0.15) is 5.69 Å². The van der Waals surface area contributed by atoms with Crippen LogP contribution in [0.4, 0.5) is 5.69 Å². The second-order valence-electron chi connectivity index (χ2n) is 4.44. The van der Waals surface area contributed by atoms with Crippen molar-refractivity contribution in [3.05, 3.63) is 24.0 Å². The van der Waals surface area contributed by atoms with Gasteiger partial charge in [-0.3, -0.25) is 4.79 Å². The van der Waals surface area contributed by atoms with Crippen LogP contribution in [0.1, 0.15) is 31.3 Å². The summed E-state index contributed by atoms with van der Waals surface area (Å²) in [6.07, 6.45) is 1.47. The van der Waals surface area contributed by atoms with Crippen LogP contribution in [0.3, 0.4) is 0 Å². The number of likely N-dealkylation sites (N-methyl/N-ethyl adjacent to an activating group) is 1. The van der Waals surface area contributed by atoms with Gasteiger partial charge < -0.3 is 15.3 Å². The molecule has 0 unspecified atom stereocenters. The van der Waals surface area contributed by atoms with Crippen LogP contribution in [-0.2, 0) is 4.79 Å². The van der Waals surface area contributed by atoms with Crippen LogP contribution in [0.15, 0.2) is 18.3 Å². The number of nitrogens with one attached hydrogen (secondary N) is 1. The zero-order valence-corrected chi connectivity index (χ0v) is 11.4. The summed E-state index contributed by atoms with van der Waals surface area (Å²) in [5.74, 6) is -1.13. The minimum Gasteiger partial charge on any atom is -0.477 e. The number of carbonyl (C=O) groups excluding carboxylic acids is 1. The minimum absolute atomic E-state index is 0.00793. The fourth-order valence-corrected chi connectivity index (χ4v) is 1.63. The fourth-order valence-electron chi connectivity index (χ4n) is 1.63. The quantitative estimate of drug-likeness (QED) is 0.805. The predicted molar refractivity (Wildman–Crippen MR) is 72.4 cm³/mol. The van der Waals surface area contributed by atoms with Crippen molar-refractivity contribution in [1.82, 2.24) is 10.3 Å². The Hall–Kier alpha value is -2.11. The van der Waals surface area contributed by atoms with Crippen LogP contribution in [0.2, 0.25) is 0 Å². The molecule has 6 heteroatoms. The van der Waals surface area contributed by atoms with Crippen LogP contribution in [0.25, 0.3) is 0 Å². The van der Waals surface area contributed by atoms with E-state index >= 15 is 0 Å². The zero-order chi connectivity index (χ0) is 14.4. The molecule has 104 valence electrons. The Morgan fingerprint density at radius 3 is 2.53 bits per heavy atom. The van der Waals surface area contributed by atoms with Gasteiger partial charge in [0.15, 0.2) is 0 Å². The normalized spacial score (nSPS) is 10.3. The van der Waals surface area contributed by atoms with Crippen molar-refractivity contribution in [2.75, 3.05) is 18.0 Å². The molecule has 2 N–H and O–H groups in total. The Balaban J connectivity index is 2.74. The Morgan fingerprint density at radius 2 is 2.11 bits per heavy atom. The molecule has 0 saturated carbocycles. The van der Waals surface area contributed by atoms with Crippen molar-refractivity contribution < 1.29 is 14.7 Å². The third-order valence-corrected chi connectivity index (χ3v) is 2.50. The van der Waals surface area contributed by atoms with E-state index in [1.54, 1.807) is 6.07 Å². The molecule has 0 aliphatic carbocycles. The lowest BCUT2D eigenvalue weighted by molar-refractivity contribution is -0.120. The van der Waals surface area contributed by atoms with Gasteiger partial charge in [0, 0.05) is 12.6 Å². The molecule has 0 fully saturated rings. The lowest BCUT2D eigenvalue weighted by Gasteiger charge is -2.22. The first-order valence-corrected chi connectivity index (χ1v) is 6.17. The second kappa shape index (κ2) is 6.72. The topological polar surface area (TPSA) is 82.5 Å². The first-order valence-electron chi connectivity index (χ1n) is 6.17. The maximum Gasteiger partial charge on any atom is 0.354 e. The third kappa shape index (κ3) is 4.57.